The SMILES string of the molecule is CCCCCCCC/C=C/CC/C=C/C(O)C(CO)NC(=O)CCCCCCC/C=C\CCCCCCCCC. The summed E-state index contributed by atoms with van der Waals surface area (Å²) in [5, 5.41) is 22.8. The summed E-state index contributed by atoms with van der Waals surface area (Å²) in [6.07, 6.45) is 40.8. The van der Waals surface area contributed by atoms with Crippen LogP contribution in [0.2, 0.25) is 0 Å². The van der Waals surface area contributed by atoms with Crippen molar-refractivity contribution in [1.29, 1.82) is 0 Å². The Morgan fingerprint density at radius 3 is 1.45 bits per heavy atom. The highest BCUT2D eigenvalue weighted by Gasteiger charge is 2.17. The molecule has 0 heterocycles. The molecule has 0 rings (SSSR count). The minimum absolute atomic E-state index is 0.0857. The van der Waals surface area contributed by atoms with Crippen molar-refractivity contribution in [3.8, 4) is 0 Å². The van der Waals surface area contributed by atoms with Gasteiger partial charge in [-0.1, -0.05) is 140 Å². The molecule has 0 saturated carbocycles. The Bertz CT molecular complexity index is 613. The Kier molecular flexibility index (Phi) is 31.0. The zero-order valence-corrected chi connectivity index (χ0v) is 26.6. The summed E-state index contributed by atoms with van der Waals surface area (Å²) in [7, 11) is 0. The normalized spacial score (nSPS) is 13.6. The first-order valence-electron chi connectivity index (χ1n) is 17.2. The average Bonchev–Trinajstić information content (AvgIpc) is 2.96. The van der Waals surface area contributed by atoms with Crippen LogP contribution >= 0.6 is 0 Å². The summed E-state index contributed by atoms with van der Waals surface area (Å²) in [6, 6.07) is -0.639. The Balaban J connectivity index is 3.70. The topological polar surface area (TPSA) is 69.6 Å². The molecule has 4 heteroatoms. The van der Waals surface area contributed by atoms with Crippen LogP contribution in [0.25, 0.3) is 0 Å². The molecule has 2 atom stereocenters. The van der Waals surface area contributed by atoms with Crippen LogP contribution < -0.4 is 5.32 Å². The number of unbranched alkanes of at least 4 members (excludes halogenated alkanes) is 19. The molecule has 0 bridgehead atoms. The van der Waals surface area contributed by atoms with Crippen molar-refractivity contribution < 1.29 is 15.0 Å². The molecule has 4 nitrogen and oxygen atoms in total. The second-order valence-electron chi connectivity index (χ2n) is 11.6. The van der Waals surface area contributed by atoms with E-state index in [0.29, 0.717) is 6.42 Å². The molecular weight excluding hydrogens is 494 g/mol. The van der Waals surface area contributed by atoms with Crippen molar-refractivity contribution in [3.05, 3.63) is 36.5 Å². The highest BCUT2D eigenvalue weighted by atomic mass is 16.3. The van der Waals surface area contributed by atoms with E-state index in [9.17, 15) is 15.0 Å². The maximum Gasteiger partial charge on any atom is 0.220 e. The van der Waals surface area contributed by atoms with Gasteiger partial charge in [-0.15, -0.1) is 0 Å². The van der Waals surface area contributed by atoms with Crippen LogP contribution in [0.3, 0.4) is 0 Å². The van der Waals surface area contributed by atoms with Crippen LogP contribution in [-0.4, -0.2) is 34.9 Å². The van der Waals surface area contributed by atoms with Crippen molar-refractivity contribution in [2.45, 2.75) is 180 Å². The van der Waals surface area contributed by atoms with E-state index in [1.807, 2.05) is 6.08 Å². The molecule has 40 heavy (non-hydrogen) atoms. The van der Waals surface area contributed by atoms with E-state index in [4.69, 9.17) is 0 Å². The van der Waals surface area contributed by atoms with E-state index < -0.39 is 12.1 Å². The number of hydrogen-bond donors (Lipinski definition) is 3. The molecule has 1 amide bonds. The first kappa shape index (κ1) is 38.6. The van der Waals surface area contributed by atoms with Crippen LogP contribution in [0, 0.1) is 0 Å². The van der Waals surface area contributed by atoms with E-state index in [1.165, 1.54) is 103 Å². The summed E-state index contributed by atoms with van der Waals surface area (Å²) in [5.74, 6) is -0.0857. The predicted octanol–water partition coefficient (Wildman–Crippen LogP) is 9.90. The maximum absolute atomic E-state index is 12.3. The fourth-order valence-electron chi connectivity index (χ4n) is 4.89. The van der Waals surface area contributed by atoms with Gasteiger partial charge in [0.15, 0.2) is 0 Å². The van der Waals surface area contributed by atoms with Gasteiger partial charge in [0, 0.05) is 6.42 Å². The number of nitrogens with one attached hydrogen (secondary N) is 1. The summed E-state index contributed by atoms with van der Waals surface area (Å²) >= 11 is 0. The van der Waals surface area contributed by atoms with E-state index in [2.05, 4.69) is 43.5 Å². The summed E-state index contributed by atoms with van der Waals surface area (Å²) in [6.45, 7) is 4.25. The summed E-state index contributed by atoms with van der Waals surface area (Å²) in [4.78, 5) is 12.3. The van der Waals surface area contributed by atoms with Gasteiger partial charge in [-0.2, -0.15) is 0 Å². The molecular formula is C36H67NO3. The van der Waals surface area contributed by atoms with E-state index in [0.717, 1.165) is 44.9 Å². The Labute approximate surface area is 249 Å². The van der Waals surface area contributed by atoms with Gasteiger partial charge in [0.25, 0.3) is 0 Å². The van der Waals surface area contributed by atoms with Crippen LogP contribution in [0.15, 0.2) is 36.5 Å². The monoisotopic (exact) mass is 562 g/mol. The molecule has 3 N–H and O–H groups in total. The highest BCUT2D eigenvalue weighted by Crippen LogP contribution is 2.11. The highest BCUT2D eigenvalue weighted by molar-refractivity contribution is 5.76. The third-order valence-corrected chi connectivity index (χ3v) is 7.60. The van der Waals surface area contributed by atoms with Gasteiger partial charge in [-0.25, -0.2) is 0 Å². The lowest BCUT2D eigenvalue weighted by Crippen LogP contribution is -2.45. The molecule has 0 radical (unpaired) electrons. The first-order valence-corrected chi connectivity index (χ1v) is 17.2. The standard InChI is InChI=1S/C36H67NO3/c1-3-5-7-9-11-13-15-17-18-19-20-22-24-26-28-30-32-36(40)37-34(33-38)35(39)31-29-27-25-23-21-16-14-12-10-8-6-4-2/h18-19,21,23,29,31,34-35,38-39H,3-17,20,22,24-28,30,32-33H2,1-2H3,(H,37,40)/b19-18-,23-21+,31-29+. The number of carbonyl (C=O) groups excluding carboxylic acids is 1. The lowest BCUT2D eigenvalue weighted by molar-refractivity contribution is -0.123. The number of carbonyl (C=O) groups is 1. The van der Waals surface area contributed by atoms with Gasteiger partial charge in [-0.05, 0) is 57.8 Å². The zero-order chi connectivity index (χ0) is 29.4. The second-order valence-corrected chi connectivity index (χ2v) is 11.6. The Morgan fingerprint density at radius 1 is 0.575 bits per heavy atom. The molecule has 234 valence electrons. The average molecular weight is 562 g/mol. The second kappa shape index (κ2) is 32.1. The van der Waals surface area contributed by atoms with E-state index in [1.54, 1.807) is 6.08 Å². The molecule has 0 aromatic heterocycles. The fourth-order valence-corrected chi connectivity index (χ4v) is 4.89. The van der Waals surface area contributed by atoms with Crippen LogP contribution in [0.1, 0.15) is 168 Å². The Morgan fingerprint density at radius 2 is 0.975 bits per heavy atom. The van der Waals surface area contributed by atoms with Crippen molar-refractivity contribution >= 4 is 5.91 Å². The van der Waals surface area contributed by atoms with Crippen LogP contribution in [0.5, 0.6) is 0 Å². The summed E-state index contributed by atoms with van der Waals surface area (Å²) in [5.41, 5.74) is 0. The Hall–Kier alpha value is -1.39. The van der Waals surface area contributed by atoms with Gasteiger partial charge >= 0.3 is 0 Å². The zero-order valence-electron chi connectivity index (χ0n) is 26.6. The number of rotatable bonds is 30. The molecule has 2 unspecified atom stereocenters. The molecule has 0 aliphatic heterocycles. The van der Waals surface area contributed by atoms with Crippen molar-refractivity contribution in [1.82, 2.24) is 5.32 Å². The molecule has 0 aliphatic rings. The number of allylic oxidation sites excluding steroid dienone is 5. The maximum atomic E-state index is 12.3. The molecule has 0 aromatic rings. The van der Waals surface area contributed by atoms with Crippen molar-refractivity contribution in [2.24, 2.45) is 0 Å². The third-order valence-electron chi connectivity index (χ3n) is 7.60. The van der Waals surface area contributed by atoms with Crippen molar-refractivity contribution in [2.75, 3.05) is 6.61 Å². The minimum Gasteiger partial charge on any atom is -0.394 e. The van der Waals surface area contributed by atoms with E-state index in [-0.39, 0.29) is 12.5 Å². The lowest BCUT2D eigenvalue weighted by atomic mass is 10.1. The van der Waals surface area contributed by atoms with Gasteiger partial charge in [0.2, 0.25) is 5.91 Å². The predicted molar refractivity (Wildman–Crippen MR) is 175 cm³/mol. The van der Waals surface area contributed by atoms with E-state index >= 15 is 0 Å². The van der Waals surface area contributed by atoms with Gasteiger partial charge in [0.05, 0.1) is 18.8 Å². The van der Waals surface area contributed by atoms with Crippen molar-refractivity contribution in [3.63, 3.8) is 0 Å². The van der Waals surface area contributed by atoms with Gasteiger partial charge in [-0.3, -0.25) is 4.79 Å². The largest absolute Gasteiger partial charge is 0.394 e. The quantitative estimate of drug-likeness (QED) is 0.0603. The molecule has 0 aliphatic carbocycles. The summed E-state index contributed by atoms with van der Waals surface area (Å²) < 4.78 is 0. The van der Waals surface area contributed by atoms with Gasteiger partial charge in [0.1, 0.15) is 0 Å². The lowest BCUT2D eigenvalue weighted by Gasteiger charge is -2.19. The molecule has 0 spiro atoms. The molecule has 0 saturated heterocycles. The van der Waals surface area contributed by atoms with Gasteiger partial charge < -0.3 is 15.5 Å². The number of amides is 1. The third kappa shape index (κ3) is 28.1. The minimum atomic E-state index is -0.861. The smallest absolute Gasteiger partial charge is 0.220 e. The fraction of sp³-hybridized carbons (Fsp3) is 0.806. The molecule has 0 aromatic carbocycles. The number of hydrogen-bond acceptors (Lipinski definition) is 3. The first-order chi connectivity index (χ1) is 19.7. The number of aliphatic hydroxyl groups excluding tert-OH is 2. The molecule has 0 fully saturated rings. The number of aliphatic hydroxyl groups is 2. The van der Waals surface area contributed by atoms with Crippen LogP contribution in [-0.2, 0) is 4.79 Å². The van der Waals surface area contributed by atoms with Crippen LogP contribution in [0.4, 0.5) is 0 Å².